The number of halogens is 4. The Morgan fingerprint density at radius 3 is 2.47 bits per heavy atom. The zero-order valence-electron chi connectivity index (χ0n) is 17.5. The van der Waals surface area contributed by atoms with Crippen LogP contribution < -0.4 is 20.1 Å². The Hall–Kier alpha value is -3.12. The van der Waals surface area contributed by atoms with Crippen molar-refractivity contribution in [1.82, 2.24) is 5.48 Å². The van der Waals surface area contributed by atoms with Crippen LogP contribution in [0, 0.1) is 0 Å². The van der Waals surface area contributed by atoms with Crippen molar-refractivity contribution < 1.29 is 26.8 Å². The standard InChI is InChI=1S/C22H20ClF3N4O3S/c23-16-2-1-3-17(13-16)29-21(30-31)15-6-9-20(19(12-15)22(24,25)26)28-11-10-14-4-7-18(8-5-14)33-34(27)32/h1-9,12-13,28,31H,10-11,27H2,(H,29,30). The van der Waals surface area contributed by atoms with Gasteiger partial charge in [-0.15, -0.1) is 0 Å². The quantitative estimate of drug-likeness (QED) is 0.193. The molecule has 0 aliphatic heterocycles. The summed E-state index contributed by atoms with van der Waals surface area (Å²) in [5, 5.41) is 17.7. The Morgan fingerprint density at radius 2 is 1.85 bits per heavy atom. The average molecular weight is 513 g/mol. The summed E-state index contributed by atoms with van der Waals surface area (Å²) < 4.78 is 56.9. The summed E-state index contributed by atoms with van der Waals surface area (Å²) in [4.78, 5) is 4.13. The molecular formula is C22H20ClF3N4O3S. The first kappa shape index (κ1) is 25.5. The van der Waals surface area contributed by atoms with Crippen LogP contribution in [0.1, 0.15) is 16.7 Å². The van der Waals surface area contributed by atoms with Gasteiger partial charge in [-0.2, -0.15) is 17.4 Å². The number of nitrogens with one attached hydrogen (secondary N) is 2. The molecule has 0 amide bonds. The molecule has 0 spiro atoms. The Morgan fingerprint density at radius 1 is 1.12 bits per heavy atom. The Bertz CT molecular complexity index is 1190. The molecule has 7 nitrogen and oxygen atoms in total. The monoisotopic (exact) mass is 512 g/mol. The molecular weight excluding hydrogens is 493 g/mol. The Kier molecular flexibility index (Phi) is 8.51. The summed E-state index contributed by atoms with van der Waals surface area (Å²) in [7, 11) is 0. The summed E-state index contributed by atoms with van der Waals surface area (Å²) >= 11 is 3.97. The van der Waals surface area contributed by atoms with Gasteiger partial charge in [-0.3, -0.25) is 10.7 Å². The van der Waals surface area contributed by atoms with E-state index in [0.29, 0.717) is 22.9 Å². The second kappa shape index (κ2) is 11.3. The lowest BCUT2D eigenvalue weighted by Gasteiger charge is -2.17. The first-order valence-electron chi connectivity index (χ1n) is 9.79. The van der Waals surface area contributed by atoms with Gasteiger partial charge in [-0.1, -0.05) is 29.8 Å². The van der Waals surface area contributed by atoms with Crippen molar-refractivity contribution in [3.05, 3.63) is 88.4 Å². The minimum absolute atomic E-state index is 0.0354. The molecule has 1 unspecified atom stereocenters. The SMILES string of the molecule is NS(=O)Oc1ccc(CCNc2ccc(C(=Nc3cccc(Cl)c3)NO)cc2C(F)(F)F)cc1. The normalized spacial score (nSPS) is 12.8. The van der Waals surface area contributed by atoms with E-state index in [0.717, 1.165) is 11.6 Å². The molecule has 0 bridgehead atoms. The zero-order chi connectivity index (χ0) is 24.7. The molecule has 0 aliphatic carbocycles. The lowest BCUT2D eigenvalue weighted by molar-refractivity contribution is -0.137. The van der Waals surface area contributed by atoms with Crippen LogP contribution in [0.3, 0.4) is 0 Å². The highest BCUT2D eigenvalue weighted by molar-refractivity contribution is 7.78. The van der Waals surface area contributed by atoms with Gasteiger partial charge in [-0.25, -0.2) is 10.1 Å². The summed E-state index contributed by atoms with van der Waals surface area (Å²) in [5.41, 5.74) is 2.04. The van der Waals surface area contributed by atoms with E-state index in [-0.39, 0.29) is 23.6 Å². The number of benzene rings is 3. The molecule has 180 valence electrons. The van der Waals surface area contributed by atoms with Crippen molar-refractivity contribution in [3.8, 4) is 5.75 Å². The number of hydrogen-bond acceptors (Lipinski definition) is 5. The van der Waals surface area contributed by atoms with E-state index in [9.17, 15) is 22.6 Å². The van der Waals surface area contributed by atoms with Gasteiger partial charge in [0.2, 0.25) is 0 Å². The smallest absolute Gasteiger partial charge is 0.389 e. The lowest BCUT2D eigenvalue weighted by atomic mass is 10.1. The largest absolute Gasteiger partial charge is 0.418 e. The molecule has 1 atom stereocenters. The van der Waals surface area contributed by atoms with Crippen LogP contribution in [0.15, 0.2) is 71.7 Å². The van der Waals surface area contributed by atoms with Crippen LogP contribution in [0.5, 0.6) is 5.75 Å². The minimum Gasteiger partial charge on any atom is -0.389 e. The number of hydroxylamine groups is 1. The van der Waals surface area contributed by atoms with Crippen LogP contribution in [0.25, 0.3) is 0 Å². The van der Waals surface area contributed by atoms with Gasteiger partial charge < -0.3 is 9.50 Å². The van der Waals surface area contributed by atoms with Crippen molar-refractivity contribution in [2.45, 2.75) is 12.6 Å². The highest BCUT2D eigenvalue weighted by Gasteiger charge is 2.34. The maximum absolute atomic E-state index is 13.7. The van der Waals surface area contributed by atoms with Gasteiger partial charge in [0.1, 0.15) is 5.75 Å². The van der Waals surface area contributed by atoms with Gasteiger partial charge in [0.15, 0.2) is 5.84 Å². The fraction of sp³-hybridized carbons (Fsp3) is 0.136. The molecule has 0 saturated carbocycles. The minimum atomic E-state index is -4.65. The summed E-state index contributed by atoms with van der Waals surface area (Å²) in [6.45, 7) is 0.215. The first-order valence-corrected chi connectivity index (χ1v) is 11.3. The van der Waals surface area contributed by atoms with E-state index >= 15 is 0 Å². The molecule has 0 radical (unpaired) electrons. The third-order valence-electron chi connectivity index (χ3n) is 4.58. The highest BCUT2D eigenvalue weighted by Crippen LogP contribution is 2.36. The van der Waals surface area contributed by atoms with Crippen LogP contribution in [-0.4, -0.2) is 21.8 Å². The Balaban J connectivity index is 1.77. The van der Waals surface area contributed by atoms with Gasteiger partial charge in [0, 0.05) is 22.8 Å². The van der Waals surface area contributed by atoms with E-state index in [4.69, 9.17) is 20.9 Å². The molecule has 0 heterocycles. The molecule has 3 aromatic carbocycles. The fourth-order valence-electron chi connectivity index (χ4n) is 3.06. The molecule has 0 saturated heterocycles. The van der Waals surface area contributed by atoms with Gasteiger partial charge in [-0.05, 0) is 60.5 Å². The second-order valence-corrected chi connectivity index (χ2v) is 8.10. The summed E-state index contributed by atoms with van der Waals surface area (Å²) in [6.07, 6.45) is -4.23. The topological polar surface area (TPSA) is 109 Å². The number of nitrogens with two attached hydrogens (primary N) is 1. The number of nitrogens with zero attached hydrogens (tertiary/aromatic N) is 1. The molecule has 3 rings (SSSR count). The van der Waals surface area contributed by atoms with E-state index in [1.807, 2.05) is 5.48 Å². The van der Waals surface area contributed by atoms with E-state index in [1.165, 1.54) is 18.2 Å². The fourth-order valence-corrected chi connectivity index (χ4v) is 3.54. The summed E-state index contributed by atoms with van der Waals surface area (Å²) in [5.74, 6) is 0.153. The van der Waals surface area contributed by atoms with E-state index in [1.54, 1.807) is 42.5 Å². The van der Waals surface area contributed by atoms with Crippen molar-refractivity contribution in [1.29, 1.82) is 0 Å². The number of anilines is 1. The predicted octanol–water partition coefficient (Wildman–Crippen LogP) is 4.99. The average Bonchev–Trinajstić information content (AvgIpc) is 2.78. The van der Waals surface area contributed by atoms with E-state index in [2.05, 4.69) is 10.3 Å². The van der Waals surface area contributed by atoms with Crippen molar-refractivity contribution in [2.75, 3.05) is 11.9 Å². The zero-order valence-corrected chi connectivity index (χ0v) is 19.0. The number of hydrogen-bond donors (Lipinski definition) is 4. The lowest BCUT2D eigenvalue weighted by Crippen LogP contribution is -2.21. The molecule has 5 N–H and O–H groups in total. The van der Waals surface area contributed by atoms with Crippen LogP contribution in [-0.2, 0) is 23.9 Å². The third kappa shape index (κ3) is 7.19. The van der Waals surface area contributed by atoms with E-state index < -0.39 is 23.0 Å². The van der Waals surface area contributed by atoms with Crippen LogP contribution >= 0.6 is 11.6 Å². The van der Waals surface area contributed by atoms with Crippen molar-refractivity contribution in [2.24, 2.45) is 10.1 Å². The number of amidine groups is 1. The highest BCUT2D eigenvalue weighted by atomic mass is 35.5. The predicted molar refractivity (Wildman–Crippen MR) is 126 cm³/mol. The van der Waals surface area contributed by atoms with Crippen LogP contribution in [0.4, 0.5) is 24.5 Å². The molecule has 12 heteroatoms. The van der Waals surface area contributed by atoms with Crippen LogP contribution in [0.2, 0.25) is 5.02 Å². The number of rotatable bonds is 8. The second-order valence-electron chi connectivity index (χ2n) is 6.97. The third-order valence-corrected chi connectivity index (χ3v) is 5.18. The number of aliphatic imine (C=N–C) groups is 1. The molecule has 0 aliphatic rings. The van der Waals surface area contributed by atoms with Gasteiger partial charge in [0.25, 0.3) is 11.3 Å². The molecule has 0 aromatic heterocycles. The molecule has 3 aromatic rings. The van der Waals surface area contributed by atoms with Crippen molar-refractivity contribution >= 4 is 40.1 Å². The summed E-state index contributed by atoms with van der Waals surface area (Å²) in [6, 6.07) is 16.5. The maximum atomic E-state index is 13.7. The molecule has 0 fully saturated rings. The molecule has 34 heavy (non-hydrogen) atoms. The van der Waals surface area contributed by atoms with Crippen molar-refractivity contribution in [3.63, 3.8) is 0 Å². The number of alkyl halides is 3. The van der Waals surface area contributed by atoms with Gasteiger partial charge >= 0.3 is 6.18 Å². The Labute approximate surface area is 201 Å². The van der Waals surface area contributed by atoms with Gasteiger partial charge in [0.05, 0.1) is 11.3 Å². The maximum Gasteiger partial charge on any atom is 0.418 e. The first-order chi connectivity index (χ1) is 16.2.